The maximum atomic E-state index is 12.1. The minimum atomic E-state index is -0.233. The van der Waals surface area contributed by atoms with Crippen molar-refractivity contribution >= 4 is 34.3 Å². The number of thioether (sulfide) groups is 1. The molecule has 0 aliphatic heterocycles. The van der Waals surface area contributed by atoms with Crippen LogP contribution in [0.15, 0.2) is 49.4 Å². The number of nitrogens with one attached hydrogen (secondary N) is 1. The summed E-state index contributed by atoms with van der Waals surface area (Å²) in [4.78, 5) is 19.3. The molecule has 1 N–H and O–H groups in total. The molecule has 3 aromatic heterocycles. The number of aryl methyl sites for hydroxylation is 1. The van der Waals surface area contributed by atoms with Gasteiger partial charge in [-0.25, -0.2) is 4.98 Å². The lowest BCUT2D eigenvalue weighted by atomic mass is 10.2. The number of fused-ring (bicyclic) bond motifs is 1. The first-order chi connectivity index (χ1) is 12.1. The van der Waals surface area contributed by atoms with E-state index < -0.39 is 0 Å². The van der Waals surface area contributed by atoms with Crippen molar-refractivity contribution in [2.24, 2.45) is 0 Å². The van der Waals surface area contributed by atoms with E-state index in [0.29, 0.717) is 44.4 Å². The Labute approximate surface area is 150 Å². The Morgan fingerprint density at radius 1 is 1.28 bits per heavy atom. The topological polar surface area (TPSA) is 97.8 Å². The summed E-state index contributed by atoms with van der Waals surface area (Å²) in [6.45, 7) is 1.82. The average molecular weight is 375 g/mol. The smallest absolute Gasteiger partial charge is 0.277 e. The van der Waals surface area contributed by atoms with Crippen LogP contribution >= 0.6 is 23.4 Å². The van der Waals surface area contributed by atoms with Crippen LogP contribution in [0.1, 0.15) is 11.6 Å². The van der Waals surface area contributed by atoms with E-state index in [0.717, 1.165) is 5.56 Å². The van der Waals surface area contributed by atoms with Gasteiger partial charge in [-0.3, -0.25) is 4.79 Å². The third-order valence-corrected chi connectivity index (χ3v) is 4.61. The molecule has 0 spiro atoms. The summed E-state index contributed by atoms with van der Waals surface area (Å²) in [5.74, 6) is 2.01. The maximum Gasteiger partial charge on any atom is 0.277 e. The monoisotopic (exact) mass is 374 g/mol. The van der Waals surface area contributed by atoms with E-state index in [1.807, 2.05) is 6.92 Å². The summed E-state index contributed by atoms with van der Waals surface area (Å²) in [6.07, 6.45) is 1.57. The van der Waals surface area contributed by atoms with Crippen molar-refractivity contribution < 1.29 is 8.83 Å². The number of aromatic nitrogens is 4. The molecule has 0 aliphatic carbocycles. The molecule has 0 saturated heterocycles. The fraction of sp³-hybridized carbons (Fsp3) is 0.125. The van der Waals surface area contributed by atoms with Crippen molar-refractivity contribution in [2.75, 3.05) is 0 Å². The Kier molecular flexibility index (Phi) is 4.06. The number of hydrogen-bond donors (Lipinski definition) is 1. The van der Waals surface area contributed by atoms with Gasteiger partial charge in [-0.15, -0.1) is 10.2 Å². The fourth-order valence-electron chi connectivity index (χ4n) is 2.34. The van der Waals surface area contributed by atoms with E-state index in [9.17, 15) is 4.79 Å². The molecule has 0 amide bonds. The predicted octanol–water partition coefficient (Wildman–Crippen LogP) is 3.82. The van der Waals surface area contributed by atoms with Gasteiger partial charge in [0.2, 0.25) is 0 Å². The van der Waals surface area contributed by atoms with Crippen molar-refractivity contribution in [3.63, 3.8) is 0 Å². The number of rotatable bonds is 4. The summed E-state index contributed by atoms with van der Waals surface area (Å²) in [5.41, 5.74) is 1.11. The summed E-state index contributed by atoms with van der Waals surface area (Å²) >= 11 is 7.20. The van der Waals surface area contributed by atoms with Gasteiger partial charge in [0.15, 0.2) is 0 Å². The molecule has 0 radical (unpaired) electrons. The second-order valence-corrected chi connectivity index (χ2v) is 6.59. The van der Waals surface area contributed by atoms with Crippen LogP contribution in [0, 0.1) is 6.92 Å². The molecular weight excluding hydrogens is 364 g/mol. The van der Waals surface area contributed by atoms with Gasteiger partial charge >= 0.3 is 0 Å². The zero-order chi connectivity index (χ0) is 17.4. The van der Waals surface area contributed by atoms with E-state index >= 15 is 0 Å². The lowest BCUT2D eigenvalue weighted by Gasteiger charge is -2.01. The number of furan rings is 1. The van der Waals surface area contributed by atoms with E-state index in [-0.39, 0.29) is 5.56 Å². The molecule has 1 aromatic carbocycles. The van der Waals surface area contributed by atoms with Crippen LogP contribution in [0.2, 0.25) is 5.02 Å². The van der Waals surface area contributed by atoms with E-state index in [1.54, 1.807) is 30.5 Å². The highest BCUT2D eigenvalue weighted by molar-refractivity contribution is 7.98. The second-order valence-electron chi connectivity index (χ2n) is 5.23. The highest BCUT2D eigenvalue weighted by atomic mass is 35.5. The third-order valence-electron chi connectivity index (χ3n) is 3.54. The van der Waals surface area contributed by atoms with Crippen molar-refractivity contribution in [3.05, 3.63) is 57.5 Å². The Balaban J connectivity index is 1.55. The molecule has 126 valence electrons. The van der Waals surface area contributed by atoms with Crippen molar-refractivity contribution in [3.8, 4) is 11.5 Å². The molecule has 0 atom stereocenters. The molecule has 9 heteroatoms. The molecule has 25 heavy (non-hydrogen) atoms. The zero-order valence-electron chi connectivity index (χ0n) is 12.9. The van der Waals surface area contributed by atoms with Gasteiger partial charge in [0.25, 0.3) is 16.7 Å². The predicted molar refractivity (Wildman–Crippen MR) is 93.7 cm³/mol. The number of benzene rings is 1. The van der Waals surface area contributed by atoms with Crippen molar-refractivity contribution in [1.82, 2.24) is 20.2 Å². The van der Waals surface area contributed by atoms with Crippen LogP contribution in [-0.2, 0) is 5.75 Å². The molecule has 0 aliphatic rings. The van der Waals surface area contributed by atoms with E-state index in [2.05, 4.69) is 20.2 Å². The number of aromatic amines is 1. The molecule has 0 bridgehead atoms. The van der Waals surface area contributed by atoms with Crippen LogP contribution in [0.4, 0.5) is 0 Å². The van der Waals surface area contributed by atoms with Crippen LogP contribution < -0.4 is 5.56 Å². The molecule has 7 nitrogen and oxygen atoms in total. The number of hydrogen-bond acceptors (Lipinski definition) is 7. The van der Waals surface area contributed by atoms with Gasteiger partial charge in [0.05, 0.1) is 28.5 Å². The first-order valence-electron chi connectivity index (χ1n) is 7.29. The van der Waals surface area contributed by atoms with Crippen molar-refractivity contribution in [1.29, 1.82) is 0 Å². The number of H-pyrrole nitrogens is 1. The lowest BCUT2D eigenvalue weighted by molar-refractivity contribution is 0.463. The number of halogens is 1. The number of nitrogens with zero attached hydrogens (tertiary/aromatic N) is 3. The van der Waals surface area contributed by atoms with Gasteiger partial charge in [0, 0.05) is 5.02 Å². The maximum absolute atomic E-state index is 12.1. The highest BCUT2D eigenvalue weighted by Crippen LogP contribution is 2.27. The van der Waals surface area contributed by atoms with Gasteiger partial charge in [-0.2, -0.15) is 0 Å². The third kappa shape index (κ3) is 3.18. The van der Waals surface area contributed by atoms with E-state index in [1.165, 1.54) is 11.8 Å². The molecular formula is C16H11ClN4O3S. The molecule has 0 fully saturated rings. The van der Waals surface area contributed by atoms with Gasteiger partial charge in [-0.05, 0) is 31.2 Å². The first-order valence-corrected chi connectivity index (χ1v) is 8.66. The van der Waals surface area contributed by atoms with Gasteiger partial charge in [-0.1, -0.05) is 23.4 Å². The van der Waals surface area contributed by atoms with Gasteiger partial charge in [0.1, 0.15) is 11.6 Å². The minimum Gasteiger partial charge on any atom is -0.469 e. The average Bonchev–Trinajstić information content (AvgIpc) is 3.22. The summed E-state index contributed by atoms with van der Waals surface area (Å²) in [7, 11) is 0. The second kappa shape index (κ2) is 6.38. The fourth-order valence-corrected chi connectivity index (χ4v) is 3.15. The molecule has 3 heterocycles. The Hall–Kier alpha value is -2.58. The van der Waals surface area contributed by atoms with Crippen LogP contribution in [0.25, 0.3) is 22.4 Å². The Bertz CT molecular complexity index is 1120. The quantitative estimate of drug-likeness (QED) is 0.542. The Morgan fingerprint density at radius 2 is 2.16 bits per heavy atom. The summed E-state index contributed by atoms with van der Waals surface area (Å²) in [5, 5.41) is 9.33. The van der Waals surface area contributed by atoms with Crippen LogP contribution in [-0.4, -0.2) is 20.2 Å². The minimum absolute atomic E-state index is 0.233. The standard InChI is InChI=1S/C16H11ClN4O3S/c1-8-10(4-5-23-8)15-20-21-16(24-15)25-7-13-18-12-3-2-9(17)6-11(12)14(22)19-13/h2-6H,7H2,1H3,(H,18,19,22). The van der Waals surface area contributed by atoms with Crippen molar-refractivity contribution in [2.45, 2.75) is 17.9 Å². The Morgan fingerprint density at radius 3 is 2.96 bits per heavy atom. The summed E-state index contributed by atoms with van der Waals surface area (Å²) < 4.78 is 10.8. The van der Waals surface area contributed by atoms with Crippen LogP contribution in [0.5, 0.6) is 0 Å². The molecule has 4 rings (SSSR count). The first kappa shape index (κ1) is 15.9. The molecule has 4 aromatic rings. The normalized spacial score (nSPS) is 11.3. The lowest BCUT2D eigenvalue weighted by Crippen LogP contribution is -2.11. The largest absolute Gasteiger partial charge is 0.469 e. The summed E-state index contributed by atoms with van der Waals surface area (Å²) in [6, 6.07) is 6.78. The van der Waals surface area contributed by atoms with Crippen LogP contribution in [0.3, 0.4) is 0 Å². The SMILES string of the molecule is Cc1occc1-c1nnc(SCc2nc3ccc(Cl)cc3c(=O)[nH]2)o1. The molecule has 0 unspecified atom stereocenters. The zero-order valence-corrected chi connectivity index (χ0v) is 14.5. The molecule has 0 saturated carbocycles. The van der Waals surface area contributed by atoms with Gasteiger partial charge < -0.3 is 13.8 Å². The van der Waals surface area contributed by atoms with E-state index in [4.69, 9.17) is 20.4 Å². The highest BCUT2D eigenvalue weighted by Gasteiger charge is 2.14.